The first kappa shape index (κ1) is 13.3. The van der Waals surface area contributed by atoms with Crippen LogP contribution in [0.5, 0.6) is 0 Å². The van der Waals surface area contributed by atoms with Crippen LogP contribution in [0, 0.1) is 0 Å². The molecule has 0 aliphatic heterocycles. The molecule has 0 bridgehead atoms. The third-order valence-corrected chi connectivity index (χ3v) is 3.39. The summed E-state index contributed by atoms with van der Waals surface area (Å²) < 4.78 is 28.4. The van der Waals surface area contributed by atoms with Crippen LogP contribution in [-0.2, 0) is 6.54 Å². The zero-order valence-electron chi connectivity index (χ0n) is 10.4. The molecule has 2 rings (SSSR count). The van der Waals surface area contributed by atoms with E-state index in [9.17, 15) is 8.78 Å². The van der Waals surface area contributed by atoms with E-state index in [2.05, 4.69) is 15.5 Å². The summed E-state index contributed by atoms with van der Waals surface area (Å²) in [6.07, 6.45) is 2.89. The minimum absolute atomic E-state index is 0.0156. The van der Waals surface area contributed by atoms with E-state index in [0.29, 0.717) is 25.3 Å². The van der Waals surface area contributed by atoms with E-state index in [0.717, 1.165) is 19.3 Å². The van der Waals surface area contributed by atoms with Crippen LogP contribution in [0.15, 0.2) is 0 Å². The number of hydrogen-bond acceptors (Lipinski definition) is 4. The summed E-state index contributed by atoms with van der Waals surface area (Å²) in [4.78, 5) is 0. The van der Waals surface area contributed by atoms with Gasteiger partial charge in [0.25, 0.3) is 0 Å². The number of unbranched alkanes of at least 4 members (excludes halogenated alkanes) is 1. The van der Waals surface area contributed by atoms with Crippen LogP contribution < -0.4 is 5.73 Å². The minimum Gasteiger partial charge on any atom is -0.330 e. The first-order valence-corrected chi connectivity index (χ1v) is 6.46. The lowest BCUT2D eigenvalue weighted by Crippen LogP contribution is -2.26. The standard InChI is InChI=1S/C11H19F2N5/c12-11(13)5-3-4-9(8-11)10-15-16-17-18(10)7-2-1-6-14/h9H,1-8,14H2. The Morgan fingerprint density at radius 2 is 2.22 bits per heavy atom. The molecule has 102 valence electrons. The monoisotopic (exact) mass is 259 g/mol. The smallest absolute Gasteiger partial charge is 0.248 e. The van der Waals surface area contributed by atoms with Crippen molar-refractivity contribution >= 4 is 0 Å². The van der Waals surface area contributed by atoms with Gasteiger partial charge in [0.1, 0.15) is 0 Å². The Morgan fingerprint density at radius 1 is 1.39 bits per heavy atom. The van der Waals surface area contributed by atoms with E-state index in [1.807, 2.05) is 0 Å². The van der Waals surface area contributed by atoms with Gasteiger partial charge in [-0.25, -0.2) is 13.5 Å². The highest BCUT2D eigenvalue weighted by Crippen LogP contribution is 2.40. The quantitative estimate of drug-likeness (QED) is 0.817. The molecule has 1 aromatic rings. The second-order valence-corrected chi connectivity index (χ2v) is 4.91. The van der Waals surface area contributed by atoms with Gasteiger partial charge in [-0.05, 0) is 42.7 Å². The third kappa shape index (κ3) is 3.22. The van der Waals surface area contributed by atoms with Crippen molar-refractivity contribution in [2.45, 2.75) is 56.9 Å². The molecule has 1 aliphatic rings. The molecule has 18 heavy (non-hydrogen) atoms. The molecule has 5 nitrogen and oxygen atoms in total. The molecule has 0 saturated heterocycles. The predicted octanol–water partition coefficient (Wildman–Crippen LogP) is 1.70. The van der Waals surface area contributed by atoms with Crippen molar-refractivity contribution in [1.82, 2.24) is 20.2 Å². The van der Waals surface area contributed by atoms with Gasteiger partial charge in [-0.1, -0.05) is 0 Å². The third-order valence-electron chi connectivity index (χ3n) is 3.39. The van der Waals surface area contributed by atoms with Gasteiger partial charge in [0, 0.05) is 25.3 Å². The topological polar surface area (TPSA) is 69.6 Å². The maximum Gasteiger partial charge on any atom is 0.248 e. The Kier molecular flexibility index (Phi) is 4.21. The summed E-state index contributed by atoms with van der Waals surface area (Å²) in [5.74, 6) is -2.19. The number of halogens is 2. The van der Waals surface area contributed by atoms with Crippen molar-refractivity contribution in [3.8, 4) is 0 Å². The molecule has 1 atom stereocenters. The lowest BCUT2D eigenvalue weighted by atomic mass is 9.86. The number of alkyl halides is 2. The first-order chi connectivity index (χ1) is 8.62. The van der Waals surface area contributed by atoms with Crippen molar-refractivity contribution < 1.29 is 8.78 Å². The normalized spacial score (nSPS) is 23.2. The zero-order chi connectivity index (χ0) is 13.0. The fraction of sp³-hybridized carbons (Fsp3) is 0.909. The summed E-state index contributed by atoms with van der Waals surface area (Å²) in [7, 11) is 0. The maximum atomic E-state index is 13.4. The van der Waals surface area contributed by atoms with Crippen LogP contribution in [0.4, 0.5) is 8.78 Å². The summed E-state index contributed by atoms with van der Waals surface area (Å²) >= 11 is 0. The largest absolute Gasteiger partial charge is 0.330 e. The van der Waals surface area contributed by atoms with Gasteiger partial charge in [0.2, 0.25) is 5.92 Å². The Balaban J connectivity index is 2.01. The van der Waals surface area contributed by atoms with Crippen LogP contribution >= 0.6 is 0 Å². The number of hydrogen-bond donors (Lipinski definition) is 1. The van der Waals surface area contributed by atoms with Crippen LogP contribution in [0.3, 0.4) is 0 Å². The number of rotatable bonds is 5. The molecule has 1 unspecified atom stereocenters. The highest BCUT2D eigenvalue weighted by atomic mass is 19.3. The fourth-order valence-electron chi connectivity index (χ4n) is 2.46. The summed E-state index contributed by atoms with van der Waals surface area (Å²) in [5, 5.41) is 11.4. The molecular formula is C11H19F2N5. The minimum atomic E-state index is -2.57. The number of nitrogens with zero attached hydrogens (tertiary/aromatic N) is 4. The molecule has 7 heteroatoms. The Labute approximate surface area is 105 Å². The molecule has 0 spiro atoms. The molecule has 0 aromatic carbocycles. The van der Waals surface area contributed by atoms with Crippen LogP contribution in [0.25, 0.3) is 0 Å². The summed E-state index contributed by atoms with van der Waals surface area (Å²) in [6, 6.07) is 0. The van der Waals surface area contributed by atoms with Gasteiger partial charge in [-0.3, -0.25) is 0 Å². The van der Waals surface area contributed by atoms with E-state index in [1.54, 1.807) is 4.68 Å². The van der Waals surface area contributed by atoms with Crippen molar-refractivity contribution in [1.29, 1.82) is 0 Å². The number of nitrogens with two attached hydrogens (primary N) is 1. The molecular weight excluding hydrogens is 240 g/mol. The average molecular weight is 259 g/mol. The van der Waals surface area contributed by atoms with Crippen LogP contribution in [0.2, 0.25) is 0 Å². The van der Waals surface area contributed by atoms with Crippen molar-refractivity contribution in [2.75, 3.05) is 6.54 Å². The molecule has 0 amide bonds. The van der Waals surface area contributed by atoms with Gasteiger partial charge in [-0.2, -0.15) is 0 Å². The molecule has 1 heterocycles. The highest BCUT2D eigenvalue weighted by molar-refractivity contribution is 4.98. The average Bonchev–Trinajstić information content (AvgIpc) is 2.76. The summed E-state index contributed by atoms with van der Waals surface area (Å²) in [6.45, 7) is 1.28. The van der Waals surface area contributed by atoms with E-state index in [4.69, 9.17) is 5.73 Å². The maximum absolute atomic E-state index is 13.4. The lowest BCUT2D eigenvalue weighted by Gasteiger charge is -2.27. The molecule has 1 fully saturated rings. The van der Waals surface area contributed by atoms with Crippen molar-refractivity contribution in [3.05, 3.63) is 5.82 Å². The second kappa shape index (κ2) is 5.69. The van der Waals surface area contributed by atoms with Gasteiger partial charge >= 0.3 is 0 Å². The van der Waals surface area contributed by atoms with Gasteiger partial charge in [0.15, 0.2) is 5.82 Å². The van der Waals surface area contributed by atoms with Gasteiger partial charge in [0.05, 0.1) is 0 Å². The fourth-order valence-corrected chi connectivity index (χ4v) is 2.46. The predicted molar refractivity (Wildman–Crippen MR) is 62.3 cm³/mol. The zero-order valence-corrected chi connectivity index (χ0v) is 10.4. The van der Waals surface area contributed by atoms with Crippen LogP contribution in [0.1, 0.15) is 50.3 Å². The summed E-state index contributed by atoms with van der Waals surface area (Å²) in [5.41, 5.74) is 5.42. The van der Waals surface area contributed by atoms with Crippen molar-refractivity contribution in [3.63, 3.8) is 0 Å². The number of aryl methyl sites for hydroxylation is 1. The molecule has 1 aromatic heterocycles. The van der Waals surface area contributed by atoms with E-state index in [-0.39, 0.29) is 18.8 Å². The molecule has 2 N–H and O–H groups in total. The number of tetrazole rings is 1. The van der Waals surface area contributed by atoms with Crippen LogP contribution in [-0.4, -0.2) is 32.7 Å². The van der Waals surface area contributed by atoms with Gasteiger partial charge < -0.3 is 5.73 Å². The SMILES string of the molecule is NCCCCn1nnnc1C1CCCC(F)(F)C1. The van der Waals surface area contributed by atoms with Gasteiger partial charge in [-0.15, -0.1) is 5.10 Å². The highest BCUT2D eigenvalue weighted by Gasteiger charge is 2.38. The van der Waals surface area contributed by atoms with E-state index < -0.39 is 5.92 Å². The first-order valence-electron chi connectivity index (χ1n) is 6.46. The van der Waals surface area contributed by atoms with E-state index >= 15 is 0 Å². The molecule has 1 aliphatic carbocycles. The van der Waals surface area contributed by atoms with E-state index in [1.165, 1.54) is 0 Å². The Hall–Kier alpha value is -1.11. The molecule has 0 radical (unpaired) electrons. The Morgan fingerprint density at radius 3 is 2.94 bits per heavy atom. The molecule has 1 saturated carbocycles. The lowest BCUT2D eigenvalue weighted by molar-refractivity contribution is -0.0421. The van der Waals surface area contributed by atoms with Crippen molar-refractivity contribution in [2.24, 2.45) is 5.73 Å². The second-order valence-electron chi connectivity index (χ2n) is 4.91. The number of aromatic nitrogens is 4. The Bertz CT molecular complexity index is 379.